The maximum Gasteiger partial charge on any atom is 0.228 e. The molecule has 0 heterocycles. The van der Waals surface area contributed by atoms with Crippen LogP contribution in [0.1, 0.15) is 11.1 Å². The first kappa shape index (κ1) is 16.0. The van der Waals surface area contributed by atoms with Gasteiger partial charge in [0.1, 0.15) is 5.75 Å². The van der Waals surface area contributed by atoms with E-state index in [9.17, 15) is 9.90 Å². The summed E-state index contributed by atoms with van der Waals surface area (Å²) in [7, 11) is 1.63. The quantitative estimate of drug-likeness (QED) is 0.756. The zero-order valence-electron chi connectivity index (χ0n) is 13.5. The molecule has 0 unspecified atom stereocenters. The molecule has 0 aliphatic heterocycles. The van der Waals surface area contributed by atoms with Crippen LogP contribution in [0.15, 0.2) is 60.7 Å². The molecule has 0 spiro atoms. The number of fused-ring (bicyclic) bond motifs is 1. The van der Waals surface area contributed by atoms with Gasteiger partial charge < -0.3 is 15.2 Å². The highest BCUT2D eigenvalue weighted by atomic mass is 16.5. The summed E-state index contributed by atoms with van der Waals surface area (Å²) in [4.78, 5) is 12.4. The van der Waals surface area contributed by atoms with Gasteiger partial charge in [-0.1, -0.05) is 36.4 Å². The van der Waals surface area contributed by atoms with Crippen molar-refractivity contribution in [1.82, 2.24) is 0 Å². The summed E-state index contributed by atoms with van der Waals surface area (Å²) in [6.45, 7) is -0.0488. The summed E-state index contributed by atoms with van der Waals surface area (Å²) >= 11 is 0. The Morgan fingerprint density at radius 3 is 2.71 bits per heavy atom. The lowest BCUT2D eigenvalue weighted by Crippen LogP contribution is -2.14. The predicted octanol–water partition coefficient (Wildman–Crippen LogP) is 3.52. The molecule has 0 saturated heterocycles. The third-order valence-electron chi connectivity index (χ3n) is 3.92. The van der Waals surface area contributed by atoms with Gasteiger partial charge in [-0.2, -0.15) is 0 Å². The van der Waals surface area contributed by atoms with E-state index in [-0.39, 0.29) is 18.9 Å². The second-order valence-electron chi connectivity index (χ2n) is 5.59. The molecular formula is C20H19NO3. The Bertz CT molecular complexity index is 874. The van der Waals surface area contributed by atoms with Crippen LogP contribution in [0.3, 0.4) is 0 Å². The molecule has 0 aliphatic carbocycles. The number of hydrogen-bond acceptors (Lipinski definition) is 3. The number of aliphatic hydroxyl groups is 1. The average molecular weight is 321 g/mol. The molecule has 0 atom stereocenters. The fourth-order valence-electron chi connectivity index (χ4n) is 2.72. The van der Waals surface area contributed by atoms with E-state index < -0.39 is 0 Å². The van der Waals surface area contributed by atoms with E-state index in [2.05, 4.69) is 5.32 Å². The normalized spacial score (nSPS) is 10.6. The van der Waals surface area contributed by atoms with Gasteiger partial charge in [-0.25, -0.2) is 0 Å². The van der Waals surface area contributed by atoms with Crippen LogP contribution in [0.5, 0.6) is 5.75 Å². The van der Waals surface area contributed by atoms with E-state index in [0.717, 1.165) is 27.6 Å². The van der Waals surface area contributed by atoms with Gasteiger partial charge in [0.05, 0.1) is 20.1 Å². The third kappa shape index (κ3) is 3.55. The minimum absolute atomic E-state index is 0.0488. The second-order valence-corrected chi connectivity index (χ2v) is 5.59. The van der Waals surface area contributed by atoms with Gasteiger partial charge in [-0.15, -0.1) is 0 Å². The van der Waals surface area contributed by atoms with Crippen molar-refractivity contribution in [3.8, 4) is 5.75 Å². The van der Waals surface area contributed by atoms with E-state index in [1.165, 1.54) is 0 Å². The third-order valence-corrected chi connectivity index (χ3v) is 3.92. The molecule has 1 amide bonds. The van der Waals surface area contributed by atoms with Crippen LogP contribution >= 0.6 is 0 Å². The number of carbonyl (C=O) groups excluding carboxylic acids is 1. The van der Waals surface area contributed by atoms with Crippen molar-refractivity contribution in [2.75, 3.05) is 12.4 Å². The molecule has 0 aliphatic rings. The molecule has 3 aromatic carbocycles. The van der Waals surface area contributed by atoms with Crippen LogP contribution in [0.4, 0.5) is 5.69 Å². The average Bonchev–Trinajstić information content (AvgIpc) is 2.61. The Hall–Kier alpha value is -2.85. The molecular weight excluding hydrogens is 302 g/mol. The highest BCUT2D eigenvalue weighted by molar-refractivity contribution is 5.96. The monoisotopic (exact) mass is 321 g/mol. The van der Waals surface area contributed by atoms with Gasteiger partial charge >= 0.3 is 0 Å². The summed E-state index contributed by atoms with van der Waals surface area (Å²) in [5.74, 6) is 0.673. The number of aliphatic hydroxyl groups excluding tert-OH is 1. The number of rotatable bonds is 5. The Kier molecular flexibility index (Phi) is 4.77. The molecule has 0 radical (unpaired) electrons. The van der Waals surface area contributed by atoms with Gasteiger partial charge in [-0.05, 0) is 46.2 Å². The molecule has 3 rings (SSSR count). The van der Waals surface area contributed by atoms with E-state index in [1.54, 1.807) is 13.2 Å². The molecule has 24 heavy (non-hydrogen) atoms. The number of amides is 1. The Morgan fingerprint density at radius 1 is 1.08 bits per heavy atom. The Morgan fingerprint density at radius 2 is 1.92 bits per heavy atom. The Labute approximate surface area is 140 Å². The van der Waals surface area contributed by atoms with Gasteiger partial charge in [0.25, 0.3) is 0 Å². The fourth-order valence-corrected chi connectivity index (χ4v) is 2.72. The van der Waals surface area contributed by atoms with E-state index in [4.69, 9.17) is 4.74 Å². The van der Waals surface area contributed by atoms with Crippen molar-refractivity contribution in [2.24, 2.45) is 0 Å². The van der Waals surface area contributed by atoms with Crippen molar-refractivity contribution in [1.29, 1.82) is 0 Å². The van der Waals surface area contributed by atoms with Crippen LogP contribution in [0.2, 0.25) is 0 Å². The second kappa shape index (κ2) is 7.15. The van der Waals surface area contributed by atoms with E-state index in [1.807, 2.05) is 54.6 Å². The number of hydrogen-bond donors (Lipinski definition) is 2. The Balaban J connectivity index is 1.82. The first-order valence-electron chi connectivity index (χ1n) is 7.75. The summed E-state index contributed by atoms with van der Waals surface area (Å²) in [6, 6.07) is 19.0. The predicted molar refractivity (Wildman–Crippen MR) is 95.2 cm³/mol. The lowest BCUT2D eigenvalue weighted by molar-refractivity contribution is -0.115. The van der Waals surface area contributed by atoms with Crippen molar-refractivity contribution in [3.05, 3.63) is 71.8 Å². The van der Waals surface area contributed by atoms with Crippen molar-refractivity contribution in [2.45, 2.75) is 13.0 Å². The zero-order valence-corrected chi connectivity index (χ0v) is 13.5. The molecule has 122 valence electrons. The fraction of sp³-hybridized carbons (Fsp3) is 0.150. The molecule has 4 nitrogen and oxygen atoms in total. The standard InChI is InChI=1S/C20H19NO3/c1-24-18-9-8-15-5-3-6-16(19(15)12-18)11-20(23)21-17-7-2-4-14(10-17)13-22/h2-10,12,22H,11,13H2,1H3,(H,21,23). The molecule has 0 fully saturated rings. The number of carbonyl (C=O) groups is 1. The summed E-state index contributed by atoms with van der Waals surface area (Å²) in [5.41, 5.74) is 2.40. The van der Waals surface area contributed by atoms with Crippen LogP contribution in [-0.4, -0.2) is 18.1 Å². The summed E-state index contributed by atoms with van der Waals surface area (Å²) in [5, 5.41) is 14.1. The smallest absolute Gasteiger partial charge is 0.228 e. The van der Waals surface area contributed by atoms with Gasteiger partial charge in [0.15, 0.2) is 0 Å². The van der Waals surface area contributed by atoms with Gasteiger partial charge in [0, 0.05) is 5.69 Å². The van der Waals surface area contributed by atoms with Crippen molar-refractivity contribution in [3.63, 3.8) is 0 Å². The van der Waals surface area contributed by atoms with Crippen LogP contribution in [-0.2, 0) is 17.8 Å². The highest BCUT2D eigenvalue weighted by Gasteiger charge is 2.09. The van der Waals surface area contributed by atoms with Gasteiger partial charge in [-0.3, -0.25) is 4.79 Å². The van der Waals surface area contributed by atoms with Crippen molar-refractivity contribution >= 4 is 22.4 Å². The summed E-state index contributed by atoms with van der Waals surface area (Å²) in [6.07, 6.45) is 0.272. The molecule has 4 heteroatoms. The lowest BCUT2D eigenvalue weighted by Gasteiger charge is -2.10. The number of nitrogens with one attached hydrogen (secondary N) is 1. The largest absolute Gasteiger partial charge is 0.497 e. The first-order chi connectivity index (χ1) is 11.7. The summed E-state index contributed by atoms with van der Waals surface area (Å²) < 4.78 is 5.28. The molecule has 3 aromatic rings. The number of methoxy groups -OCH3 is 1. The topological polar surface area (TPSA) is 58.6 Å². The molecule has 2 N–H and O–H groups in total. The maximum atomic E-state index is 12.4. The van der Waals surface area contributed by atoms with Gasteiger partial charge in [0.2, 0.25) is 5.91 Å². The minimum atomic E-state index is -0.0968. The van der Waals surface area contributed by atoms with Crippen molar-refractivity contribution < 1.29 is 14.6 Å². The number of benzene rings is 3. The van der Waals surface area contributed by atoms with Crippen LogP contribution in [0, 0.1) is 0 Å². The highest BCUT2D eigenvalue weighted by Crippen LogP contribution is 2.24. The molecule has 0 saturated carbocycles. The number of anilines is 1. The van der Waals surface area contributed by atoms with Crippen LogP contribution < -0.4 is 10.1 Å². The minimum Gasteiger partial charge on any atom is -0.497 e. The zero-order chi connectivity index (χ0) is 16.9. The van der Waals surface area contributed by atoms with E-state index >= 15 is 0 Å². The molecule has 0 bridgehead atoms. The first-order valence-corrected chi connectivity index (χ1v) is 7.75. The molecule has 0 aromatic heterocycles. The SMILES string of the molecule is COc1ccc2cccc(CC(=O)Nc3cccc(CO)c3)c2c1. The lowest BCUT2D eigenvalue weighted by atomic mass is 10.0. The number of ether oxygens (including phenoxy) is 1. The van der Waals surface area contributed by atoms with E-state index in [0.29, 0.717) is 5.69 Å². The maximum absolute atomic E-state index is 12.4. The van der Waals surface area contributed by atoms with Crippen LogP contribution in [0.25, 0.3) is 10.8 Å².